The Hall–Kier alpha value is -1.78. The van der Waals surface area contributed by atoms with E-state index < -0.39 is 0 Å². The Kier molecular flexibility index (Phi) is 4.40. The summed E-state index contributed by atoms with van der Waals surface area (Å²) in [5.74, 6) is 0.566. The van der Waals surface area contributed by atoms with Crippen LogP contribution in [0, 0.1) is 0 Å². The van der Waals surface area contributed by atoms with Crippen LogP contribution in [0.4, 0.5) is 4.79 Å². The standard InChI is InChI=1S/C10H15N3O2/c1-3-11-10(14)13-7-8-4-5-9(15-2)12-6-8/h4-6H,3,7H2,1-2H3,(H2,11,13,14). The number of pyridine rings is 1. The fraction of sp³-hybridized carbons (Fsp3) is 0.400. The van der Waals surface area contributed by atoms with E-state index in [1.807, 2.05) is 13.0 Å². The van der Waals surface area contributed by atoms with E-state index in [4.69, 9.17) is 4.74 Å². The lowest BCUT2D eigenvalue weighted by Crippen LogP contribution is -2.34. The summed E-state index contributed by atoms with van der Waals surface area (Å²) in [5, 5.41) is 5.35. The molecule has 1 aromatic heterocycles. The number of nitrogens with one attached hydrogen (secondary N) is 2. The summed E-state index contributed by atoms with van der Waals surface area (Å²) < 4.78 is 4.92. The molecule has 0 atom stereocenters. The summed E-state index contributed by atoms with van der Waals surface area (Å²) >= 11 is 0. The van der Waals surface area contributed by atoms with E-state index in [0.29, 0.717) is 19.0 Å². The number of hydrogen-bond acceptors (Lipinski definition) is 3. The van der Waals surface area contributed by atoms with Crippen LogP contribution in [0.1, 0.15) is 12.5 Å². The first kappa shape index (κ1) is 11.3. The highest BCUT2D eigenvalue weighted by Crippen LogP contribution is 2.05. The summed E-state index contributed by atoms with van der Waals surface area (Å²) in [6.07, 6.45) is 1.67. The first-order valence-electron chi connectivity index (χ1n) is 4.77. The maximum absolute atomic E-state index is 11.1. The van der Waals surface area contributed by atoms with Crippen LogP contribution in [-0.4, -0.2) is 24.7 Å². The van der Waals surface area contributed by atoms with Gasteiger partial charge in [-0.3, -0.25) is 0 Å². The maximum Gasteiger partial charge on any atom is 0.315 e. The Morgan fingerprint density at radius 3 is 2.80 bits per heavy atom. The summed E-state index contributed by atoms with van der Waals surface area (Å²) in [6, 6.07) is 3.45. The van der Waals surface area contributed by atoms with Gasteiger partial charge in [-0.15, -0.1) is 0 Å². The zero-order valence-electron chi connectivity index (χ0n) is 8.91. The molecule has 0 aliphatic heterocycles. The van der Waals surface area contributed by atoms with E-state index in [1.165, 1.54) is 0 Å². The van der Waals surface area contributed by atoms with Gasteiger partial charge in [-0.2, -0.15) is 0 Å². The number of methoxy groups -OCH3 is 1. The van der Waals surface area contributed by atoms with Crippen molar-refractivity contribution in [1.82, 2.24) is 15.6 Å². The fourth-order valence-corrected chi connectivity index (χ4v) is 1.04. The third kappa shape index (κ3) is 3.84. The monoisotopic (exact) mass is 209 g/mol. The van der Waals surface area contributed by atoms with E-state index in [-0.39, 0.29) is 6.03 Å². The van der Waals surface area contributed by atoms with Crippen molar-refractivity contribution in [2.45, 2.75) is 13.5 Å². The van der Waals surface area contributed by atoms with Crippen LogP contribution in [-0.2, 0) is 6.54 Å². The van der Waals surface area contributed by atoms with Crippen molar-refractivity contribution >= 4 is 6.03 Å². The van der Waals surface area contributed by atoms with Crippen LogP contribution in [0.25, 0.3) is 0 Å². The molecule has 5 heteroatoms. The van der Waals surface area contributed by atoms with Crippen molar-refractivity contribution in [3.63, 3.8) is 0 Å². The number of rotatable bonds is 4. The minimum absolute atomic E-state index is 0.173. The third-order valence-electron chi connectivity index (χ3n) is 1.80. The van der Waals surface area contributed by atoms with Gasteiger partial charge in [-0.1, -0.05) is 6.07 Å². The molecular formula is C10H15N3O2. The largest absolute Gasteiger partial charge is 0.481 e. The molecule has 0 spiro atoms. The highest BCUT2D eigenvalue weighted by Gasteiger charge is 1.99. The van der Waals surface area contributed by atoms with Crippen LogP contribution in [0.3, 0.4) is 0 Å². The smallest absolute Gasteiger partial charge is 0.315 e. The van der Waals surface area contributed by atoms with Gasteiger partial charge in [0.25, 0.3) is 0 Å². The van der Waals surface area contributed by atoms with E-state index in [1.54, 1.807) is 19.4 Å². The molecule has 82 valence electrons. The van der Waals surface area contributed by atoms with Crippen molar-refractivity contribution in [3.05, 3.63) is 23.9 Å². The van der Waals surface area contributed by atoms with Gasteiger partial charge < -0.3 is 15.4 Å². The molecule has 0 aromatic carbocycles. The Balaban J connectivity index is 2.40. The Bertz CT molecular complexity index is 311. The first-order valence-corrected chi connectivity index (χ1v) is 4.77. The topological polar surface area (TPSA) is 63.2 Å². The molecule has 0 fully saturated rings. The zero-order valence-corrected chi connectivity index (χ0v) is 8.91. The van der Waals surface area contributed by atoms with Gasteiger partial charge in [0.2, 0.25) is 5.88 Å². The number of carbonyl (C=O) groups is 1. The van der Waals surface area contributed by atoms with Crippen molar-refractivity contribution < 1.29 is 9.53 Å². The van der Waals surface area contributed by atoms with Crippen LogP contribution in [0.15, 0.2) is 18.3 Å². The van der Waals surface area contributed by atoms with Crippen LogP contribution in [0.2, 0.25) is 0 Å². The lowest BCUT2D eigenvalue weighted by Gasteiger charge is -2.05. The molecular weight excluding hydrogens is 194 g/mol. The average molecular weight is 209 g/mol. The summed E-state index contributed by atoms with van der Waals surface area (Å²) in [4.78, 5) is 15.1. The number of carbonyl (C=O) groups excluding carboxylic acids is 1. The number of hydrogen-bond donors (Lipinski definition) is 2. The van der Waals surface area contributed by atoms with Crippen molar-refractivity contribution in [2.24, 2.45) is 0 Å². The highest BCUT2D eigenvalue weighted by atomic mass is 16.5. The SMILES string of the molecule is CCNC(=O)NCc1ccc(OC)nc1. The molecule has 0 bridgehead atoms. The predicted molar refractivity (Wildman–Crippen MR) is 56.7 cm³/mol. The van der Waals surface area contributed by atoms with E-state index >= 15 is 0 Å². The molecule has 0 saturated carbocycles. The molecule has 1 aromatic rings. The van der Waals surface area contributed by atoms with Crippen molar-refractivity contribution in [2.75, 3.05) is 13.7 Å². The molecule has 2 N–H and O–H groups in total. The van der Waals surface area contributed by atoms with Crippen LogP contribution < -0.4 is 15.4 Å². The lowest BCUT2D eigenvalue weighted by atomic mass is 10.3. The van der Waals surface area contributed by atoms with Crippen LogP contribution >= 0.6 is 0 Å². The molecule has 0 unspecified atom stereocenters. The number of aromatic nitrogens is 1. The van der Waals surface area contributed by atoms with Gasteiger partial charge in [-0.25, -0.2) is 9.78 Å². The van der Waals surface area contributed by atoms with Gasteiger partial charge >= 0.3 is 6.03 Å². The van der Waals surface area contributed by atoms with E-state index in [2.05, 4.69) is 15.6 Å². The number of nitrogens with zero attached hydrogens (tertiary/aromatic N) is 1. The molecule has 0 aliphatic carbocycles. The molecule has 1 heterocycles. The normalized spacial score (nSPS) is 9.47. The molecule has 0 radical (unpaired) electrons. The first-order chi connectivity index (χ1) is 7.26. The average Bonchev–Trinajstić information content (AvgIpc) is 2.27. The van der Waals surface area contributed by atoms with Crippen molar-refractivity contribution in [1.29, 1.82) is 0 Å². The Labute approximate surface area is 88.9 Å². The van der Waals surface area contributed by atoms with E-state index in [9.17, 15) is 4.79 Å². The third-order valence-corrected chi connectivity index (χ3v) is 1.80. The summed E-state index contributed by atoms with van der Waals surface area (Å²) in [5.41, 5.74) is 0.932. The van der Waals surface area contributed by atoms with E-state index in [0.717, 1.165) is 5.56 Å². The van der Waals surface area contributed by atoms with Gasteiger partial charge in [0, 0.05) is 25.4 Å². The van der Waals surface area contributed by atoms with Gasteiger partial charge in [-0.05, 0) is 12.5 Å². The fourth-order valence-electron chi connectivity index (χ4n) is 1.04. The molecule has 5 nitrogen and oxygen atoms in total. The molecule has 15 heavy (non-hydrogen) atoms. The molecule has 2 amide bonds. The number of amides is 2. The number of urea groups is 1. The predicted octanol–water partition coefficient (Wildman–Crippen LogP) is 0.909. The quantitative estimate of drug-likeness (QED) is 0.774. The second kappa shape index (κ2) is 5.85. The zero-order chi connectivity index (χ0) is 11.1. The molecule has 0 aliphatic rings. The lowest BCUT2D eigenvalue weighted by molar-refractivity contribution is 0.241. The maximum atomic E-state index is 11.1. The minimum Gasteiger partial charge on any atom is -0.481 e. The highest BCUT2D eigenvalue weighted by molar-refractivity contribution is 5.73. The molecule has 1 rings (SSSR count). The summed E-state index contributed by atoms with van der Waals surface area (Å²) in [6.45, 7) is 2.95. The Morgan fingerprint density at radius 2 is 2.27 bits per heavy atom. The van der Waals surface area contributed by atoms with Gasteiger partial charge in [0.15, 0.2) is 0 Å². The van der Waals surface area contributed by atoms with Gasteiger partial charge in [0.1, 0.15) is 0 Å². The second-order valence-corrected chi connectivity index (χ2v) is 2.92. The van der Waals surface area contributed by atoms with Crippen molar-refractivity contribution in [3.8, 4) is 5.88 Å². The van der Waals surface area contributed by atoms with Crippen LogP contribution in [0.5, 0.6) is 5.88 Å². The summed E-state index contributed by atoms with van der Waals surface area (Å²) in [7, 11) is 1.56. The Morgan fingerprint density at radius 1 is 1.47 bits per heavy atom. The number of ether oxygens (including phenoxy) is 1. The second-order valence-electron chi connectivity index (χ2n) is 2.92. The minimum atomic E-state index is -0.173. The van der Waals surface area contributed by atoms with Gasteiger partial charge in [0.05, 0.1) is 7.11 Å². The molecule has 0 saturated heterocycles.